The summed E-state index contributed by atoms with van der Waals surface area (Å²) in [5.74, 6) is 2.31. The summed E-state index contributed by atoms with van der Waals surface area (Å²) in [6, 6.07) is 0. The molecule has 1 aromatic rings. The highest BCUT2D eigenvalue weighted by atomic mass is 32.2. The molecule has 0 aliphatic heterocycles. The average Bonchev–Trinajstić information content (AvgIpc) is 2.75. The first-order valence-electron chi connectivity index (χ1n) is 6.12. The van der Waals surface area contributed by atoms with Crippen LogP contribution < -0.4 is 5.32 Å². The van der Waals surface area contributed by atoms with Gasteiger partial charge in [0.25, 0.3) is 0 Å². The minimum atomic E-state index is 0.982. The number of aromatic nitrogens is 2. The Bertz CT molecular complexity index is 273. The van der Waals surface area contributed by atoms with Crippen molar-refractivity contribution >= 4 is 17.7 Å². The fourth-order valence-corrected chi connectivity index (χ4v) is 2.15. The van der Waals surface area contributed by atoms with Gasteiger partial charge < -0.3 is 9.88 Å². The number of unbranched alkanes of at least 4 members (excludes halogenated alkanes) is 3. The van der Waals surface area contributed by atoms with Crippen LogP contribution in [-0.2, 0) is 6.54 Å². The summed E-state index contributed by atoms with van der Waals surface area (Å²) in [5, 5.41) is 3.38. The quantitative estimate of drug-likeness (QED) is 0.673. The fourth-order valence-electron chi connectivity index (χ4n) is 1.66. The lowest BCUT2D eigenvalue weighted by Gasteiger charge is -2.07. The van der Waals surface area contributed by atoms with Gasteiger partial charge in [0.05, 0.1) is 0 Å². The molecule has 1 rings (SSSR count). The zero-order valence-electron chi connectivity index (χ0n) is 10.4. The van der Waals surface area contributed by atoms with Crippen LogP contribution in [0.4, 0.5) is 5.95 Å². The number of thioether (sulfide) groups is 1. The summed E-state index contributed by atoms with van der Waals surface area (Å²) >= 11 is 1.94. The summed E-state index contributed by atoms with van der Waals surface area (Å²) in [6.45, 7) is 4.15. The molecule has 3 nitrogen and oxygen atoms in total. The summed E-state index contributed by atoms with van der Waals surface area (Å²) in [4.78, 5) is 4.28. The van der Waals surface area contributed by atoms with E-state index in [1.807, 2.05) is 24.2 Å². The molecule has 0 fully saturated rings. The number of imidazole rings is 1. The molecule has 92 valence electrons. The molecular formula is C12H23N3S. The normalized spacial score (nSPS) is 10.6. The second kappa shape index (κ2) is 8.50. The average molecular weight is 241 g/mol. The second-order valence-corrected chi connectivity index (χ2v) is 4.86. The van der Waals surface area contributed by atoms with Crippen molar-refractivity contribution in [3.05, 3.63) is 12.4 Å². The van der Waals surface area contributed by atoms with Gasteiger partial charge in [-0.2, -0.15) is 11.8 Å². The highest BCUT2D eigenvalue weighted by Gasteiger charge is 1.98. The molecule has 0 aliphatic rings. The lowest BCUT2D eigenvalue weighted by atomic mass is 10.2. The van der Waals surface area contributed by atoms with Gasteiger partial charge in [-0.25, -0.2) is 4.98 Å². The van der Waals surface area contributed by atoms with Crippen molar-refractivity contribution in [1.82, 2.24) is 9.55 Å². The van der Waals surface area contributed by atoms with E-state index < -0.39 is 0 Å². The van der Waals surface area contributed by atoms with Crippen molar-refractivity contribution in [2.45, 2.75) is 39.2 Å². The van der Waals surface area contributed by atoms with E-state index in [4.69, 9.17) is 0 Å². The molecule has 0 atom stereocenters. The molecule has 16 heavy (non-hydrogen) atoms. The van der Waals surface area contributed by atoms with Crippen LogP contribution in [0.15, 0.2) is 12.4 Å². The van der Waals surface area contributed by atoms with E-state index in [-0.39, 0.29) is 0 Å². The maximum absolute atomic E-state index is 4.28. The van der Waals surface area contributed by atoms with E-state index in [1.54, 1.807) is 0 Å². The molecule has 4 heteroatoms. The standard InChI is InChI=1S/C12H23N3S/c1-3-15-10-9-14-12(15)13-8-6-4-5-7-11-16-2/h9-10H,3-8,11H2,1-2H3,(H,13,14). The molecule has 0 unspecified atom stereocenters. The highest BCUT2D eigenvalue weighted by Crippen LogP contribution is 2.07. The molecule has 0 aliphatic carbocycles. The Morgan fingerprint density at radius 3 is 2.88 bits per heavy atom. The number of aryl methyl sites for hydroxylation is 1. The first kappa shape index (κ1) is 13.4. The van der Waals surface area contributed by atoms with Crippen molar-refractivity contribution in [2.24, 2.45) is 0 Å². The first-order valence-corrected chi connectivity index (χ1v) is 7.51. The molecule has 0 spiro atoms. The third-order valence-corrected chi connectivity index (χ3v) is 3.31. The lowest BCUT2D eigenvalue weighted by molar-refractivity contribution is 0.681. The van der Waals surface area contributed by atoms with Gasteiger partial charge in [0.1, 0.15) is 0 Å². The molecule has 0 amide bonds. The number of nitrogens with zero attached hydrogens (tertiary/aromatic N) is 2. The molecule has 1 N–H and O–H groups in total. The predicted molar refractivity (Wildman–Crippen MR) is 73.2 cm³/mol. The van der Waals surface area contributed by atoms with E-state index in [9.17, 15) is 0 Å². The summed E-state index contributed by atoms with van der Waals surface area (Å²) in [5.41, 5.74) is 0. The van der Waals surface area contributed by atoms with Crippen LogP contribution in [0, 0.1) is 0 Å². The van der Waals surface area contributed by atoms with Gasteiger partial charge >= 0.3 is 0 Å². The van der Waals surface area contributed by atoms with Gasteiger partial charge in [-0.05, 0) is 31.8 Å². The highest BCUT2D eigenvalue weighted by molar-refractivity contribution is 7.98. The maximum atomic E-state index is 4.28. The van der Waals surface area contributed by atoms with E-state index in [2.05, 4.69) is 28.0 Å². The van der Waals surface area contributed by atoms with E-state index >= 15 is 0 Å². The fraction of sp³-hybridized carbons (Fsp3) is 0.750. The Morgan fingerprint density at radius 1 is 1.31 bits per heavy atom. The van der Waals surface area contributed by atoms with E-state index in [0.29, 0.717) is 0 Å². The Kier molecular flexibility index (Phi) is 7.14. The van der Waals surface area contributed by atoms with Gasteiger partial charge in [-0.3, -0.25) is 0 Å². The van der Waals surface area contributed by atoms with E-state index in [0.717, 1.165) is 19.0 Å². The Labute approximate surface area is 103 Å². The molecule has 0 aromatic carbocycles. The SMILES string of the molecule is CCn1ccnc1NCCCCCCSC. The van der Waals surface area contributed by atoms with Crippen molar-refractivity contribution in [3.63, 3.8) is 0 Å². The third kappa shape index (κ3) is 4.92. The number of hydrogen-bond acceptors (Lipinski definition) is 3. The van der Waals surface area contributed by atoms with Crippen LogP contribution in [0.3, 0.4) is 0 Å². The van der Waals surface area contributed by atoms with Crippen molar-refractivity contribution < 1.29 is 0 Å². The van der Waals surface area contributed by atoms with Crippen LogP contribution in [0.25, 0.3) is 0 Å². The van der Waals surface area contributed by atoms with Crippen LogP contribution in [0.5, 0.6) is 0 Å². The zero-order valence-corrected chi connectivity index (χ0v) is 11.2. The van der Waals surface area contributed by atoms with Crippen LogP contribution in [0.1, 0.15) is 32.6 Å². The van der Waals surface area contributed by atoms with Gasteiger partial charge in [0.2, 0.25) is 5.95 Å². The molecule has 1 heterocycles. The van der Waals surface area contributed by atoms with Crippen molar-refractivity contribution in [2.75, 3.05) is 23.9 Å². The van der Waals surface area contributed by atoms with Gasteiger partial charge in [-0.1, -0.05) is 12.8 Å². The monoisotopic (exact) mass is 241 g/mol. The van der Waals surface area contributed by atoms with E-state index in [1.165, 1.54) is 31.4 Å². The predicted octanol–water partition coefficient (Wildman–Crippen LogP) is 3.24. The topological polar surface area (TPSA) is 29.9 Å². The minimum absolute atomic E-state index is 0.982. The summed E-state index contributed by atoms with van der Waals surface area (Å²) in [6.07, 6.45) is 11.3. The number of nitrogens with one attached hydrogen (secondary N) is 1. The van der Waals surface area contributed by atoms with Crippen molar-refractivity contribution in [1.29, 1.82) is 0 Å². The molecule has 0 radical (unpaired) electrons. The Balaban J connectivity index is 2.03. The van der Waals surface area contributed by atoms with Crippen LogP contribution >= 0.6 is 11.8 Å². The smallest absolute Gasteiger partial charge is 0.202 e. The number of anilines is 1. The van der Waals surface area contributed by atoms with Gasteiger partial charge in [0, 0.05) is 25.5 Å². The van der Waals surface area contributed by atoms with Crippen LogP contribution in [0.2, 0.25) is 0 Å². The summed E-state index contributed by atoms with van der Waals surface area (Å²) < 4.78 is 2.13. The van der Waals surface area contributed by atoms with Gasteiger partial charge in [0.15, 0.2) is 0 Å². The molecule has 0 saturated heterocycles. The zero-order chi connectivity index (χ0) is 11.6. The largest absolute Gasteiger partial charge is 0.356 e. The Morgan fingerprint density at radius 2 is 2.12 bits per heavy atom. The molecular weight excluding hydrogens is 218 g/mol. The molecule has 0 bridgehead atoms. The molecule has 0 saturated carbocycles. The van der Waals surface area contributed by atoms with Crippen molar-refractivity contribution in [3.8, 4) is 0 Å². The number of rotatable bonds is 9. The van der Waals surface area contributed by atoms with Crippen LogP contribution in [-0.4, -0.2) is 28.1 Å². The maximum Gasteiger partial charge on any atom is 0.202 e. The first-order chi connectivity index (χ1) is 7.88. The van der Waals surface area contributed by atoms with Gasteiger partial charge in [-0.15, -0.1) is 0 Å². The second-order valence-electron chi connectivity index (χ2n) is 3.87. The Hall–Kier alpha value is -0.640. The molecule has 1 aromatic heterocycles. The summed E-state index contributed by atoms with van der Waals surface area (Å²) in [7, 11) is 0. The minimum Gasteiger partial charge on any atom is -0.356 e. The number of hydrogen-bond donors (Lipinski definition) is 1. The third-order valence-electron chi connectivity index (χ3n) is 2.61. The lowest BCUT2D eigenvalue weighted by Crippen LogP contribution is -2.07.